The first-order chi connectivity index (χ1) is 12.9. The summed E-state index contributed by atoms with van der Waals surface area (Å²) in [7, 11) is 0. The van der Waals surface area contributed by atoms with Crippen LogP contribution in [0, 0.1) is 0 Å². The van der Waals surface area contributed by atoms with Gasteiger partial charge in [-0.05, 0) is 35.4 Å². The van der Waals surface area contributed by atoms with Crippen LogP contribution in [0.1, 0.15) is 18.1 Å². The molecule has 1 heterocycles. The second-order valence-electron chi connectivity index (χ2n) is 6.16. The van der Waals surface area contributed by atoms with E-state index in [9.17, 15) is 19.8 Å². The number of hydrogen-bond donors (Lipinski definition) is 3. The summed E-state index contributed by atoms with van der Waals surface area (Å²) in [6, 6.07) is 13.7. The van der Waals surface area contributed by atoms with E-state index < -0.39 is 12.1 Å². The molecule has 0 aliphatic rings. The van der Waals surface area contributed by atoms with Crippen LogP contribution < -0.4 is 0 Å². The Morgan fingerprint density at radius 1 is 1.15 bits per heavy atom. The molecule has 0 spiro atoms. The number of ether oxygens (including phenoxy) is 1. The number of ketones is 1. The van der Waals surface area contributed by atoms with Gasteiger partial charge in [-0.1, -0.05) is 30.3 Å². The van der Waals surface area contributed by atoms with Crippen LogP contribution in [0.4, 0.5) is 0 Å². The summed E-state index contributed by atoms with van der Waals surface area (Å²) in [5.74, 6) is -1.49. The summed E-state index contributed by atoms with van der Waals surface area (Å²) in [6.45, 7) is 1.32. The Kier molecular flexibility index (Phi) is 5.26. The van der Waals surface area contributed by atoms with Gasteiger partial charge >= 0.3 is 5.97 Å². The molecule has 2 aromatic carbocycles. The van der Waals surface area contributed by atoms with Gasteiger partial charge in [0.1, 0.15) is 5.75 Å². The van der Waals surface area contributed by atoms with E-state index in [1.807, 2.05) is 24.3 Å². The lowest BCUT2D eigenvalue weighted by molar-refractivity contribution is -0.148. The minimum Gasteiger partial charge on any atom is -0.508 e. The molecule has 1 aromatic heterocycles. The number of rotatable bonds is 7. The number of para-hydroxylation sites is 1. The predicted octanol–water partition coefficient (Wildman–Crippen LogP) is 3.52. The predicted molar refractivity (Wildman–Crippen MR) is 101 cm³/mol. The monoisotopic (exact) mass is 365 g/mol. The van der Waals surface area contributed by atoms with Crippen LogP contribution in [0.25, 0.3) is 17.0 Å². The highest BCUT2D eigenvalue weighted by Gasteiger charge is 2.24. The van der Waals surface area contributed by atoms with E-state index in [2.05, 4.69) is 4.98 Å². The maximum Gasteiger partial charge on any atom is 0.345 e. The molecule has 3 N–H and O–H groups in total. The van der Waals surface area contributed by atoms with Crippen molar-refractivity contribution in [3.05, 3.63) is 71.6 Å². The second-order valence-corrected chi connectivity index (χ2v) is 6.16. The Balaban J connectivity index is 1.86. The third kappa shape index (κ3) is 4.36. The lowest BCUT2D eigenvalue weighted by atomic mass is 10.1. The van der Waals surface area contributed by atoms with Gasteiger partial charge in [0.15, 0.2) is 17.6 Å². The summed E-state index contributed by atoms with van der Waals surface area (Å²) in [4.78, 5) is 26.8. The summed E-state index contributed by atoms with van der Waals surface area (Å²) in [6.07, 6.45) is 2.12. The zero-order valence-corrected chi connectivity index (χ0v) is 14.7. The van der Waals surface area contributed by atoms with Crippen molar-refractivity contribution in [2.75, 3.05) is 0 Å². The zero-order valence-electron chi connectivity index (χ0n) is 14.7. The highest BCUT2D eigenvalue weighted by atomic mass is 16.5. The summed E-state index contributed by atoms with van der Waals surface area (Å²) >= 11 is 0. The number of H-pyrrole nitrogens is 1. The standard InChI is InChI=1S/C21H19NO5/c1-13(23)19(10-14-6-8-16(24)9-7-14)27-20(21(25)26)11-15-12-22-18-5-3-2-4-17(15)18/h2-10,12,20,22,24H,11H2,1H3,(H,25,26)/b19-10+. The van der Waals surface area contributed by atoms with Crippen molar-refractivity contribution < 1.29 is 24.5 Å². The van der Waals surface area contributed by atoms with Crippen molar-refractivity contribution in [2.24, 2.45) is 0 Å². The van der Waals surface area contributed by atoms with E-state index in [4.69, 9.17) is 4.74 Å². The number of aromatic hydroxyl groups is 1. The average molecular weight is 365 g/mol. The Bertz CT molecular complexity index is 1000. The number of aromatic amines is 1. The first-order valence-corrected chi connectivity index (χ1v) is 8.40. The minimum absolute atomic E-state index is 0.0482. The van der Waals surface area contributed by atoms with Crippen LogP contribution in [0.5, 0.6) is 5.75 Å². The number of hydrogen-bond acceptors (Lipinski definition) is 4. The number of nitrogens with one attached hydrogen (secondary N) is 1. The molecule has 0 saturated heterocycles. The normalized spacial score (nSPS) is 12.7. The number of fused-ring (bicyclic) bond motifs is 1. The van der Waals surface area contributed by atoms with Crippen molar-refractivity contribution in [3.8, 4) is 5.75 Å². The first-order valence-electron chi connectivity index (χ1n) is 8.40. The maximum atomic E-state index is 11.9. The van der Waals surface area contributed by atoms with Gasteiger partial charge in [-0.25, -0.2) is 4.79 Å². The Labute approximate surface area is 155 Å². The molecule has 3 rings (SSSR count). The largest absolute Gasteiger partial charge is 0.508 e. The fraction of sp³-hybridized carbons (Fsp3) is 0.143. The van der Waals surface area contributed by atoms with E-state index in [1.54, 1.807) is 18.3 Å². The van der Waals surface area contributed by atoms with E-state index in [1.165, 1.54) is 25.1 Å². The molecule has 0 bridgehead atoms. The molecule has 6 heteroatoms. The third-order valence-corrected chi connectivity index (χ3v) is 4.16. The van der Waals surface area contributed by atoms with Crippen molar-refractivity contribution in [1.82, 2.24) is 4.98 Å². The number of carboxylic acids is 1. The summed E-state index contributed by atoms with van der Waals surface area (Å²) < 4.78 is 5.57. The van der Waals surface area contributed by atoms with Gasteiger partial charge in [0, 0.05) is 30.4 Å². The van der Waals surface area contributed by atoms with Crippen LogP contribution in [0.2, 0.25) is 0 Å². The molecular weight excluding hydrogens is 346 g/mol. The number of carboxylic acid groups (broad SMARTS) is 1. The Hall–Kier alpha value is -3.54. The molecule has 0 fully saturated rings. The number of aliphatic carboxylic acids is 1. The molecule has 1 atom stereocenters. The van der Waals surface area contributed by atoms with Crippen LogP contribution in [0.3, 0.4) is 0 Å². The number of phenols is 1. The fourth-order valence-electron chi connectivity index (χ4n) is 2.77. The van der Waals surface area contributed by atoms with Gasteiger partial charge in [-0.15, -0.1) is 0 Å². The van der Waals surface area contributed by atoms with Gasteiger partial charge < -0.3 is 19.9 Å². The molecule has 0 aliphatic heterocycles. The maximum absolute atomic E-state index is 11.9. The Morgan fingerprint density at radius 2 is 1.85 bits per heavy atom. The van der Waals surface area contributed by atoms with Gasteiger partial charge in [0.05, 0.1) is 0 Å². The van der Waals surface area contributed by atoms with Crippen molar-refractivity contribution in [2.45, 2.75) is 19.4 Å². The lowest BCUT2D eigenvalue weighted by Gasteiger charge is -2.16. The quantitative estimate of drug-likeness (QED) is 0.439. The SMILES string of the molecule is CC(=O)/C(=C\c1ccc(O)cc1)OC(Cc1c[nH]c2ccccc12)C(=O)O. The molecule has 0 radical (unpaired) electrons. The summed E-state index contributed by atoms with van der Waals surface area (Å²) in [5, 5.41) is 19.8. The van der Waals surface area contributed by atoms with Crippen molar-refractivity contribution in [1.29, 1.82) is 0 Å². The number of benzene rings is 2. The molecule has 1 unspecified atom stereocenters. The third-order valence-electron chi connectivity index (χ3n) is 4.16. The van der Waals surface area contributed by atoms with Crippen molar-refractivity contribution >= 4 is 28.7 Å². The van der Waals surface area contributed by atoms with Crippen LogP contribution in [0.15, 0.2) is 60.5 Å². The van der Waals surface area contributed by atoms with Gasteiger partial charge in [0.25, 0.3) is 0 Å². The minimum atomic E-state index is -1.21. The van der Waals surface area contributed by atoms with Gasteiger partial charge in [-0.2, -0.15) is 0 Å². The average Bonchev–Trinajstić information content (AvgIpc) is 3.05. The van der Waals surface area contributed by atoms with Crippen molar-refractivity contribution in [3.63, 3.8) is 0 Å². The van der Waals surface area contributed by atoms with Crippen LogP contribution in [-0.2, 0) is 20.7 Å². The van der Waals surface area contributed by atoms with E-state index in [0.29, 0.717) is 5.56 Å². The molecule has 0 amide bonds. The smallest absolute Gasteiger partial charge is 0.345 e. The van der Waals surface area contributed by atoms with Crippen LogP contribution in [-0.4, -0.2) is 33.1 Å². The number of carbonyl (C=O) groups excluding carboxylic acids is 1. The lowest BCUT2D eigenvalue weighted by Crippen LogP contribution is -2.27. The Morgan fingerprint density at radius 3 is 2.52 bits per heavy atom. The van der Waals surface area contributed by atoms with Gasteiger partial charge in [-0.3, -0.25) is 4.79 Å². The zero-order chi connectivity index (χ0) is 19.4. The molecule has 0 aliphatic carbocycles. The van der Waals surface area contributed by atoms with E-state index >= 15 is 0 Å². The molecule has 138 valence electrons. The molecule has 27 heavy (non-hydrogen) atoms. The fourth-order valence-corrected chi connectivity index (χ4v) is 2.77. The first kappa shape index (κ1) is 18.3. The molecule has 0 saturated carbocycles. The highest BCUT2D eigenvalue weighted by molar-refractivity contribution is 5.96. The number of allylic oxidation sites excluding steroid dienone is 1. The van der Waals surface area contributed by atoms with E-state index in [-0.39, 0.29) is 23.7 Å². The number of Topliss-reactive ketones (excluding diaryl/α,β-unsaturated/α-hetero) is 1. The highest BCUT2D eigenvalue weighted by Crippen LogP contribution is 2.22. The second kappa shape index (κ2) is 7.78. The number of carbonyl (C=O) groups is 2. The van der Waals surface area contributed by atoms with Crippen LogP contribution >= 0.6 is 0 Å². The molecule has 6 nitrogen and oxygen atoms in total. The van der Waals surface area contributed by atoms with Gasteiger partial charge in [0.2, 0.25) is 0 Å². The topological polar surface area (TPSA) is 99.6 Å². The van der Waals surface area contributed by atoms with E-state index in [0.717, 1.165) is 16.5 Å². The molecule has 3 aromatic rings. The number of phenolic OH excluding ortho intramolecular Hbond substituents is 1. The number of aromatic nitrogens is 1. The molecular formula is C21H19NO5. The summed E-state index contributed by atoms with van der Waals surface area (Å²) in [5.41, 5.74) is 2.32.